The minimum atomic E-state index is -2.24. The molecule has 29 heavy (non-hydrogen) atoms. The van der Waals surface area contributed by atoms with Crippen molar-refractivity contribution in [1.29, 1.82) is 0 Å². The van der Waals surface area contributed by atoms with Crippen LogP contribution in [0.5, 0.6) is 0 Å². The van der Waals surface area contributed by atoms with Gasteiger partial charge in [0.05, 0.1) is 6.61 Å². The number of hydrogen-bond acceptors (Lipinski definition) is 6. The number of terminal acetylenes is 1. The maximum atomic E-state index is 11.1. The largest absolute Gasteiger partial charge is 0.387 e. The van der Waals surface area contributed by atoms with Crippen LogP contribution in [-0.2, 0) is 21.7 Å². The standard InChI is InChI=1S/C22H23ClO6/c1-3-13-4-6-14(7-5-13)10-15-11-16(8-9-17(15)23)22(27)21(26)20(25)19(24)18(29-22)12-28-2/h1,4-9,11,18-21,24-27H,10,12H2,2H3/t18-,19-,20+,21-,22+/m1/s1. The molecule has 0 spiro atoms. The zero-order chi connectivity index (χ0) is 21.2. The molecule has 0 unspecified atom stereocenters. The fraction of sp³-hybridized carbons (Fsp3) is 0.364. The summed E-state index contributed by atoms with van der Waals surface area (Å²) < 4.78 is 10.6. The van der Waals surface area contributed by atoms with Crippen LogP contribution in [0.3, 0.4) is 0 Å². The highest BCUT2D eigenvalue weighted by Crippen LogP contribution is 2.38. The molecule has 0 aromatic heterocycles. The number of aliphatic hydroxyl groups is 4. The molecular weight excluding hydrogens is 396 g/mol. The van der Waals surface area contributed by atoms with E-state index in [0.29, 0.717) is 17.0 Å². The number of rotatable bonds is 5. The summed E-state index contributed by atoms with van der Waals surface area (Å²) in [7, 11) is 1.40. The van der Waals surface area contributed by atoms with Gasteiger partial charge >= 0.3 is 0 Å². The Bertz CT molecular complexity index is 893. The summed E-state index contributed by atoms with van der Waals surface area (Å²) in [5.41, 5.74) is 2.61. The van der Waals surface area contributed by atoms with Gasteiger partial charge < -0.3 is 29.9 Å². The van der Waals surface area contributed by atoms with E-state index in [1.165, 1.54) is 13.2 Å². The Morgan fingerprint density at radius 2 is 1.83 bits per heavy atom. The van der Waals surface area contributed by atoms with Crippen molar-refractivity contribution in [2.45, 2.75) is 36.6 Å². The van der Waals surface area contributed by atoms with Gasteiger partial charge in [-0.1, -0.05) is 35.7 Å². The number of ether oxygens (including phenoxy) is 2. The van der Waals surface area contributed by atoms with Crippen LogP contribution in [0.4, 0.5) is 0 Å². The van der Waals surface area contributed by atoms with Crippen molar-refractivity contribution in [1.82, 2.24) is 0 Å². The zero-order valence-electron chi connectivity index (χ0n) is 15.8. The number of hydrogen-bond donors (Lipinski definition) is 4. The topological polar surface area (TPSA) is 99.4 Å². The summed E-state index contributed by atoms with van der Waals surface area (Å²) in [5.74, 6) is 0.314. The van der Waals surface area contributed by atoms with E-state index in [-0.39, 0.29) is 12.2 Å². The van der Waals surface area contributed by atoms with E-state index in [0.717, 1.165) is 11.1 Å². The maximum absolute atomic E-state index is 11.1. The van der Waals surface area contributed by atoms with Gasteiger partial charge in [-0.15, -0.1) is 6.42 Å². The lowest BCUT2D eigenvalue weighted by atomic mass is 9.87. The number of aliphatic hydroxyl groups excluding tert-OH is 3. The monoisotopic (exact) mass is 418 g/mol. The molecule has 0 aliphatic carbocycles. The van der Waals surface area contributed by atoms with Crippen LogP contribution in [0.2, 0.25) is 5.02 Å². The van der Waals surface area contributed by atoms with Crippen LogP contribution in [0.1, 0.15) is 22.3 Å². The van der Waals surface area contributed by atoms with Crippen LogP contribution < -0.4 is 0 Å². The molecule has 154 valence electrons. The molecule has 2 aromatic carbocycles. The molecule has 1 aliphatic heterocycles. The highest BCUT2D eigenvalue weighted by Gasteiger charge is 2.53. The normalized spacial score (nSPS) is 29.4. The van der Waals surface area contributed by atoms with Crippen molar-refractivity contribution in [2.75, 3.05) is 13.7 Å². The Kier molecular flexibility index (Phi) is 6.62. The van der Waals surface area contributed by atoms with E-state index in [1.54, 1.807) is 12.1 Å². The molecule has 7 heteroatoms. The molecule has 5 atom stereocenters. The third-order valence-electron chi connectivity index (χ3n) is 5.09. The van der Waals surface area contributed by atoms with Gasteiger partial charge in [0.2, 0.25) is 5.79 Å². The second-order valence-electron chi connectivity index (χ2n) is 7.06. The fourth-order valence-electron chi connectivity index (χ4n) is 3.42. The Morgan fingerprint density at radius 1 is 1.14 bits per heavy atom. The molecular formula is C22H23ClO6. The van der Waals surface area contributed by atoms with Crippen LogP contribution >= 0.6 is 11.6 Å². The minimum absolute atomic E-state index is 0.0742. The quantitative estimate of drug-likeness (QED) is 0.544. The molecule has 2 aromatic rings. The van der Waals surface area contributed by atoms with Gasteiger partial charge in [-0.2, -0.15) is 0 Å². The van der Waals surface area contributed by atoms with Gasteiger partial charge in [0, 0.05) is 23.3 Å². The summed E-state index contributed by atoms with van der Waals surface area (Å²) in [6.07, 6.45) is 0.00212. The Hall–Kier alpha value is -1.95. The summed E-state index contributed by atoms with van der Waals surface area (Å²) in [6, 6.07) is 12.1. The Morgan fingerprint density at radius 3 is 2.45 bits per heavy atom. The smallest absolute Gasteiger partial charge is 0.222 e. The lowest BCUT2D eigenvalue weighted by Crippen LogP contribution is -2.63. The van der Waals surface area contributed by atoms with Crippen LogP contribution in [0.25, 0.3) is 0 Å². The van der Waals surface area contributed by atoms with Gasteiger partial charge in [0.25, 0.3) is 0 Å². The molecule has 6 nitrogen and oxygen atoms in total. The van der Waals surface area contributed by atoms with Crippen molar-refractivity contribution in [2.24, 2.45) is 0 Å². The molecule has 0 amide bonds. The number of halogens is 1. The molecule has 1 heterocycles. The van der Waals surface area contributed by atoms with E-state index in [2.05, 4.69) is 5.92 Å². The highest BCUT2D eigenvalue weighted by molar-refractivity contribution is 6.31. The van der Waals surface area contributed by atoms with Gasteiger partial charge in [-0.25, -0.2) is 0 Å². The molecule has 1 saturated heterocycles. The second-order valence-corrected chi connectivity index (χ2v) is 7.47. The third-order valence-corrected chi connectivity index (χ3v) is 5.46. The lowest BCUT2D eigenvalue weighted by Gasteiger charge is -2.46. The molecule has 1 fully saturated rings. The van der Waals surface area contributed by atoms with E-state index < -0.39 is 30.2 Å². The van der Waals surface area contributed by atoms with Crippen molar-refractivity contribution in [3.63, 3.8) is 0 Å². The lowest BCUT2D eigenvalue weighted by molar-refractivity contribution is -0.358. The minimum Gasteiger partial charge on any atom is -0.387 e. The van der Waals surface area contributed by atoms with Crippen LogP contribution in [0.15, 0.2) is 42.5 Å². The van der Waals surface area contributed by atoms with Crippen LogP contribution in [0, 0.1) is 12.3 Å². The van der Waals surface area contributed by atoms with Crippen molar-refractivity contribution >= 4 is 11.6 Å². The summed E-state index contributed by atoms with van der Waals surface area (Å²) >= 11 is 6.33. The van der Waals surface area contributed by atoms with E-state index >= 15 is 0 Å². The molecule has 0 radical (unpaired) electrons. The Labute approximate surface area is 174 Å². The molecule has 3 rings (SSSR count). The first kappa shape index (κ1) is 21.8. The number of benzene rings is 2. The summed E-state index contributed by atoms with van der Waals surface area (Å²) in [4.78, 5) is 0. The van der Waals surface area contributed by atoms with Crippen molar-refractivity contribution in [3.8, 4) is 12.3 Å². The fourth-order valence-corrected chi connectivity index (χ4v) is 3.60. The average molecular weight is 419 g/mol. The first-order valence-corrected chi connectivity index (χ1v) is 9.45. The molecule has 0 saturated carbocycles. The van der Waals surface area contributed by atoms with E-state index in [4.69, 9.17) is 27.5 Å². The zero-order valence-corrected chi connectivity index (χ0v) is 16.6. The van der Waals surface area contributed by atoms with Crippen molar-refractivity contribution < 1.29 is 29.9 Å². The summed E-state index contributed by atoms with van der Waals surface area (Å²) in [5, 5.41) is 42.3. The highest BCUT2D eigenvalue weighted by atomic mass is 35.5. The number of methoxy groups -OCH3 is 1. The van der Waals surface area contributed by atoms with E-state index in [9.17, 15) is 20.4 Å². The molecule has 0 bridgehead atoms. The first-order chi connectivity index (χ1) is 13.8. The predicted octanol–water partition coefficient (Wildman–Crippen LogP) is 1.19. The molecule has 4 N–H and O–H groups in total. The second kappa shape index (κ2) is 8.82. The van der Waals surface area contributed by atoms with Gasteiger partial charge in [-0.05, 0) is 41.8 Å². The SMILES string of the molecule is C#Cc1ccc(Cc2cc([C@]3(O)O[C@H](COC)[C@@H](O)[C@H](O)[C@H]3O)ccc2Cl)cc1. The van der Waals surface area contributed by atoms with Crippen molar-refractivity contribution in [3.05, 3.63) is 69.7 Å². The third kappa shape index (κ3) is 4.32. The predicted molar refractivity (Wildman–Crippen MR) is 107 cm³/mol. The molecule has 1 aliphatic rings. The van der Waals surface area contributed by atoms with Gasteiger partial charge in [0.1, 0.15) is 24.4 Å². The first-order valence-electron chi connectivity index (χ1n) is 9.08. The van der Waals surface area contributed by atoms with Crippen LogP contribution in [-0.4, -0.2) is 58.6 Å². The maximum Gasteiger partial charge on any atom is 0.222 e. The van der Waals surface area contributed by atoms with E-state index in [1.807, 2.05) is 24.3 Å². The summed E-state index contributed by atoms with van der Waals surface area (Å²) in [6.45, 7) is -0.0742. The van der Waals surface area contributed by atoms with Gasteiger partial charge in [0.15, 0.2) is 0 Å². The average Bonchev–Trinajstić information content (AvgIpc) is 2.72. The van der Waals surface area contributed by atoms with Gasteiger partial charge in [-0.3, -0.25) is 0 Å². The Balaban J connectivity index is 1.93.